The van der Waals surface area contributed by atoms with E-state index in [-0.39, 0.29) is 5.56 Å². The first-order chi connectivity index (χ1) is 14.0. The Morgan fingerprint density at radius 3 is 2.76 bits per heavy atom. The van der Waals surface area contributed by atoms with Crippen LogP contribution in [0.15, 0.2) is 53.5 Å². The van der Waals surface area contributed by atoms with Gasteiger partial charge in [0.2, 0.25) is 0 Å². The molecular formula is C21H13ClFN3O2S. The molecule has 5 rings (SSSR count). The third kappa shape index (κ3) is 3.03. The van der Waals surface area contributed by atoms with E-state index >= 15 is 4.39 Å². The maximum absolute atomic E-state index is 15.0. The summed E-state index contributed by atoms with van der Waals surface area (Å²) in [6.45, 7) is 0. The lowest BCUT2D eigenvalue weighted by Gasteiger charge is -2.23. The zero-order chi connectivity index (χ0) is 20.1. The standard InChI is InChI=1S/C21H13ClFN3O2S/c22-18-6-5-17(29-18)12-2-4-14(15(23)9-12)19-20(27)25-21(28)26(19)13-3-1-11-7-8-24-16(11)10-13/h1-6,8-10,19H,7H2,(H,25,27,28). The van der Waals surface area contributed by atoms with Crippen LogP contribution in [0.5, 0.6) is 0 Å². The minimum atomic E-state index is -1.09. The number of halogens is 2. The number of nitrogens with zero attached hydrogens (tertiary/aromatic N) is 2. The average Bonchev–Trinajstić information content (AvgIpc) is 3.40. The van der Waals surface area contributed by atoms with Crippen LogP contribution >= 0.6 is 22.9 Å². The van der Waals surface area contributed by atoms with E-state index in [2.05, 4.69) is 10.3 Å². The van der Waals surface area contributed by atoms with Crippen molar-refractivity contribution in [1.29, 1.82) is 0 Å². The van der Waals surface area contributed by atoms with Gasteiger partial charge >= 0.3 is 6.03 Å². The van der Waals surface area contributed by atoms with Crippen molar-refractivity contribution in [3.05, 3.63) is 69.8 Å². The van der Waals surface area contributed by atoms with Crippen molar-refractivity contribution in [3.63, 3.8) is 0 Å². The molecule has 29 heavy (non-hydrogen) atoms. The van der Waals surface area contributed by atoms with E-state index in [0.717, 1.165) is 22.5 Å². The van der Waals surface area contributed by atoms with Crippen molar-refractivity contribution in [3.8, 4) is 10.4 Å². The second kappa shape index (κ2) is 6.79. The minimum absolute atomic E-state index is 0.128. The first kappa shape index (κ1) is 18.0. The SMILES string of the molecule is O=C1NC(=O)N(c2ccc3c(c2)N=CC3)C1c1ccc(-c2ccc(Cl)s2)cc1F. The van der Waals surface area contributed by atoms with Crippen LogP contribution in [0.4, 0.5) is 20.6 Å². The topological polar surface area (TPSA) is 61.8 Å². The van der Waals surface area contributed by atoms with Crippen molar-refractivity contribution in [2.24, 2.45) is 4.99 Å². The molecule has 1 aromatic heterocycles. The number of imide groups is 1. The van der Waals surface area contributed by atoms with Crippen LogP contribution in [0.25, 0.3) is 10.4 Å². The number of hydrogen-bond donors (Lipinski definition) is 1. The fraction of sp³-hybridized carbons (Fsp3) is 0.0952. The summed E-state index contributed by atoms with van der Waals surface area (Å²) < 4.78 is 15.6. The summed E-state index contributed by atoms with van der Waals surface area (Å²) >= 11 is 7.30. The van der Waals surface area contributed by atoms with Gasteiger partial charge in [-0.2, -0.15) is 0 Å². The molecule has 1 atom stereocenters. The minimum Gasteiger partial charge on any atom is -0.277 e. The summed E-state index contributed by atoms with van der Waals surface area (Å²) in [5.74, 6) is -1.13. The van der Waals surface area contributed by atoms with Crippen LogP contribution in [-0.2, 0) is 11.2 Å². The average molecular weight is 426 g/mol. The molecule has 3 aromatic rings. The molecule has 3 amide bonds. The highest BCUT2D eigenvalue weighted by atomic mass is 35.5. The summed E-state index contributed by atoms with van der Waals surface area (Å²) in [4.78, 5) is 31.4. The molecule has 144 valence electrons. The van der Waals surface area contributed by atoms with Crippen LogP contribution in [0.1, 0.15) is 17.2 Å². The van der Waals surface area contributed by atoms with Crippen molar-refractivity contribution in [2.75, 3.05) is 4.90 Å². The summed E-state index contributed by atoms with van der Waals surface area (Å²) in [7, 11) is 0. The highest BCUT2D eigenvalue weighted by Crippen LogP contribution is 2.38. The molecule has 1 fully saturated rings. The molecule has 5 nitrogen and oxygen atoms in total. The van der Waals surface area contributed by atoms with E-state index in [4.69, 9.17) is 11.6 Å². The van der Waals surface area contributed by atoms with Gasteiger partial charge in [0.15, 0.2) is 0 Å². The Bertz CT molecular complexity index is 1210. The molecule has 1 saturated heterocycles. The fourth-order valence-electron chi connectivity index (χ4n) is 3.62. The van der Waals surface area contributed by atoms with Gasteiger partial charge in [0.1, 0.15) is 11.9 Å². The number of rotatable bonds is 3. The van der Waals surface area contributed by atoms with Gasteiger partial charge < -0.3 is 0 Å². The Morgan fingerprint density at radius 1 is 1.14 bits per heavy atom. The molecule has 1 N–H and O–H groups in total. The second-order valence-corrected chi connectivity index (χ2v) is 8.45. The normalized spacial score (nSPS) is 17.7. The van der Waals surface area contributed by atoms with Crippen molar-refractivity contribution in [1.82, 2.24) is 5.32 Å². The molecule has 0 bridgehead atoms. The molecule has 3 heterocycles. The number of hydrogen-bond acceptors (Lipinski definition) is 4. The van der Waals surface area contributed by atoms with Crippen molar-refractivity contribution in [2.45, 2.75) is 12.5 Å². The molecule has 2 aliphatic heterocycles. The monoisotopic (exact) mass is 425 g/mol. The number of aliphatic imine (C=N–C) groups is 1. The highest BCUT2D eigenvalue weighted by Gasteiger charge is 2.42. The van der Waals surface area contributed by atoms with Gasteiger partial charge in [-0.05, 0) is 41.5 Å². The van der Waals surface area contributed by atoms with Crippen LogP contribution in [0, 0.1) is 5.82 Å². The zero-order valence-electron chi connectivity index (χ0n) is 14.9. The zero-order valence-corrected chi connectivity index (χ0v) is 16.4. The van der Waals surface area contributed by atoms with E-state index in [0.29, 0.717) is 15.6 Å². The molecule has 0 radical (unpaired) electrons. The molecule has 2 aromatic carbocycles. The van der Waals surface area contributed by atoms with Gasteiger partial charge in [0.05, 0.1) is 10.0 Å². The number of carbonyl (C=O) groups excluding carboxylic acids is 2. The Labute approximate surface area is 174 Å². The number of carbonyl (C=O) groups is 2. The summed E-state index contributed by atoms with van der Waals surface area (Å²) in [5, 5.41) is 2.29. The number of anilines is 1. The van der Waals surface area contributed by atoms with Gasteiger partial charge in [0, 0.05) is 28.8 Å². The third-order valence-corrected chi connectivity index (χ3v) is 6.28. The lowest BCUT2D eigenvalue weighted by atomic mass is 10.0. The Morgan fingerprint density at radius 2 is 2.00 bits per heavy atom. The second-order valence-electron chi connectivity index (χ2n) is 6.74. The maximum atomic E-state index is 15.0. The number of benzene rings is 2. The molecule has 0 saturated carbocycles. The van der Waals surface area contributed by atoms with Gasteiger partial charge in [0.25, 0.3) is 5.91 Å². The quantitative estimate of drug-likeness (QED) is 0.581. The number of amides is 3. The molecule has 2 aliphatic rings. The molecule has 8 heteroatoms. The number of fused-ring (bicyclic) bond motifs is 1. The first-order valence-corrected chi connectivity index (χ1v) is 10.1. The number of thiophene rings is 1. The van der Waals surface area contributed by atoms with E-state index in [1.807, 2.05) is 12.1 Å². The smallest absolute Gasteiger partial charge is 0.277 e. The molecule has 1 unspecified atom stereocenters. The van der Waals surface area contributed by atoms with Gasteiger partial charge in [-0.25, -0.2) is 9.18 Å². The van der Waals surface area contributed by atoms with Gasteiger partial charge in [-0.3, -0.25) is 20.0 Å². The third-order valence-electron chi connectivity index (χ3n) is 5.00. The van der Waals surface area contributed by atoms with Crippen molar-refractivity contribution < 1.29 is 14.0 Å². The van der Waals surface area contributed by atoms with Gasteiger partial charge in [-0.1, -0.05) is 29.8 Å². The van der Waals surface area contributed by atoms with Crippen LogP contribution in [-0.4, -0.2) is 18.2 Å². The van der Waals surface area contributed by atoms with E-state index < -0.39 is 23.8 Å². The Balaban J connectivity index is 1.55. The largest absolute Gasteiger partial charge is 0.329 e. The van der Waals surface area contributed by atoms with E-state index in [1.54, 1.807) is 36.5 Å². The highest BCUT2D eigenvalue weighted by molar-refractivity contribution is 7.19. The van der Waals surface area contributed by atoms with E-state index in [9.17, 15) is 9.59 Å². The molecule has 0 spiro atoms. The summed E-state index contributed by atoms with van der Waals surface area (Å²) in [5.41, 5.74) is 3.07. The number of urea groups is 1. The summed E-state index contributed by atoms with van der Waals surface area (Å²) in [6.07, 6.45) is 2.52. The summed E-state index contributed by atoms with van der Waals surface area (Å²) in [6, 6.07) is 11.9. The van der Waals surface area contributed by atoms with Crippen LogP contribution in [0.2, 0.25) is 4.34 Å². The van der Waals surface area contributed by atoms with Crippen LogP contribution < -0.4 is 10.2 Å². The van der Waals surface area contributed by atoms with Crippen molar-refractivity contribution >= 4 is 52.5 Å². The van der Waals surface area contributed by atoms with Gasteiger partial charge in [-0.15, -0.1) is 11.3 Å². The first-order valence-electron chi connectivity index (χ1n) is 8.86. The fourth-order valence-corrected chi connectivity index (χ4v) is 4.66. The predicted octanol–water partition coefficient (Wildman–Crippen LogP) is 5.26. The van der Waals surface area contributed by atoms with E-state index in [1.165, 1.54) is 22.3 Å². The van der Waals surface area contributed by atoms with Crippen LogP contribution in [0.3, 0.4) is 0 Å². The molecule has 0 aliphatic carbocycles. The molecular weight excluding hydrogens is 413 g/mol. The predicted molar refractivity (Wildman–Crippen MR) is 112 cm³/mol. The lowest BCUT2D eigenvalue weighted by molar-refractivity contribution is -0.120. The lowest BCUT2D eigenvalue weighted by Crippen LogP contribution is -2.30. The number of nitrogens with one attached hydrogen (secondary N) is 1. The Kier molecular flexibility index (Phi) is 4.22. The Hall–Kier alpha value is -3.03. The maximum Gasteiger partial charge on any atom is 0.329 e.